The van der Waals surface area contributed by atoms with E-state index in [1.54, 1.807) is 4.90 Å². The van der Waals surface area contributed by atoms with Gasteiger partial charge in [0.15, 0.2) is 0 Å². The number of rotatable bonds is 4. The summed E-state index contributed by atoms with van der Waals surface area (Å²) in [6, 6.07) is 6.18. The molecule has 102 valence electrons. The van der Waals surface area contributed by atoms with Gasteiger partial charge in [0.05, 0.1) is 11.5 Å². The van der Waals surface area contributed by atoms with Crippen molar-refractivity contribution < 1.29 is 14.7 Å². The number of hydrogen-bond acceptors (Lipinski definition) is 3. The molecule has 0 aromatic heterocycles. The monoisotopic (exact) mass is 279 g/mol. The molecule has 0 atom stereocenters. The molecular weight excluding hydrogens is 262 g/mol. The van der Waals surface area contributed by atoms with E-state index in [-0.39, 0.29) is 17.4 Å². The number of aryl methyl sites for hydroxylation is 2. The normalized spacial score (nSPS) is 14.1. The van der Waals surface area contributed by atoms with E-state index in [1.165, 1.54) is 5.56 Å². The minimum Gasteiger partial charge on any atom is -0.481 e. The number of amides is 1. The molecule has 0 unspecified atom stereocenters. The summed E-state index contributed by atoms with van der Waals surface area (Å²) >= 11 is 1.15. The van der Waals surface area contributed by atoms with Crippen LogP contribution in [0.1, 0.15) is 17.5 Å². The summed E-state index contributed by atoms with van der Waals surface area (Å²) in [5.41, 5.74) is 3.33. The fourth-order valence-corrected chi connectivity index (χ4v) is 2.85. The molecule has 0 radical (unpaired) electrons. The highest BCUT2D eigenvalue weighted by molar-refractivity contribution is 8.00. The summed E-state index contributed by atoms with van der Waals surface area (Å²) in [6.07, 6.45) is 1.97. The molecule has 0 saturated heterocycles. The van der Waals surface area contributed by atoms with Crippen molar-refractivity contribution in [2.45, 2.75) is 19.8 Å². The number of carboxylic acids is 1. The van der Waals surface area contributed by atoms with Gasteiger partial charge in [0.25, 0.3) is 0 Å². The second kappa shape index (κ2) is 6.10. The summed E-state index contributed by atoms with van der Waals surface area (Å²) in [4.78, 5) is 24.4. The highest BCUT2D eigenvalue weighted by atomic mass is 32.2. The van der Waals surface area contributed by atoms with E-state index in [0.29, 0.717) is 0 Å². The van der Waals surface area contributed by atoms with Gasteiger partial charge in [-0.05, 0) is 37.0 Å². The van der Waals surface area contributed by atoms with Gasteiger partial charge in [-0.3, -0.25) is 9.59 Å². The third-order valence-corrected chi connectivity index (χ3v) is 4.01. The van der Waals surface area contributed by atoms with E-state index in [0.717, 1.165) is 42.4 Å². The number of thioether (sulfide) groups is 1. The Labute approximate surface area is 116 Å². The first-order valence-electron chi connectivity index (χ1n) is 6.27. The standard InChI is InChI=1S/C14H17NO3S/c1-10-4-5-11-3-2-6-15(12(11)7-10)13(16)8-19-9-14(17)18/h4-5,7H,2-3,6,8-9H2,1H3,(H,17,18). The Morgan fingerprint density at radius 3 is 2.89 bits per heavy atom. The number of fused-ring (bicyclic) bond motifs is 1. The molecule has 0 spiro atoms. The fraction of sp³-hybridized carbons (Fsp3) is 0.429. The maximum Gasteiger partial charge on any atom is 0.313 e. The first-order chi connectivity index (χ1) is 9.08. The predicted octanol–water partition coefficient (Wildman–Crippen LogP) is 2.09. The highest BCUT2D eigenvalue weighted by Gasteiger charge is 2.22. The summed E-state index contributed by atoms with van der Waals surface area (Å²) in [7, 11) is 0. The van der Waals surface area contributed by atoms with Gasteiger partial charge in [-0.2, -0.15) is 0 Å². The van der Waals surface area contributed by atoms with Crippen molar-refractivity contribution in [1.29, 1.82) is 0 Å². The lowest BCUT2D eigenvalue weighted by Gasteiger charge is -2.29. The van der Waals surface area contributed by atoms with Crippen LogP contribution in [-0.2, 0) is 16.0 Å². The Hall–Kier alpha value is -1.49. The molecule has 1 aromatic rings. The molecule has 1 heterocycles. The molecule has 1 aromatic carbocycles. The second-order valence-electron chi connectivity index (χ2n) is 4.67. The van der Waals surface area contributed by atoms with E-state index in [9.17, 15) is 9.59 Å². The SMILES string of the molecule is Cc1ccc2c(c1)N(C(=O)CSCC(=O)O)CCC2. The van der Waals surface area contributed by atoms with Gasteiger partial charge in [-0.15, -0.1) is 11.8 Å². The number of nitrogens with zero attached hydrogens (tertiary/aromatic N) is 1. The first kappa shape index (κ1) is 13.9. The molecule has 0 fully saturated rings. The average Bonchev–Trinajstić information content (AvgIpc) is 2.37. The van der Waals surface area contributed by atoms with E-state index in [1.807, 2.05) is 13.0 Å². The van der Waals surface area contributed by atoms with Crippen LogP contribution in [0.25, 0.3) is 0 Å². The second-order valence-corrected chi connectivity index (χ2v) is 5.65. The minimum atomic E-state index is -0.882. The van der Waals surface area contributed by atoms with Crippen LogP contribution in [0.15, 0.2) is 18.2 Å². The number of hydrogen-bond donors (Lipinski definition) is 1. The molecule has 1 amide bonds. The number of carboxylic acid groups (broad SMARTS) is 1. The maximum atomic E-state index is 12.2. The number of carbonyl (C=O) groups is 2. The van der Waals surface area contributed by atoms with Crippen molar-refractivity contribution in [3.05, 3.63) is 29.3 Å². The van der Waals surface area contributed by atoms with Crippen LogP contribution in [-0.4, -0.2) is 35.0 Å². The number of aliphatic carboxylic acids is 1. The zero-order valence-electron chi connectivity index (χ0n) is 10.9. The quantitative estimate of drug-likeness (QED) is 0.917. The summed E-state index contributed by atoms with van der Waals surface area (Å²) in [6.45, 7) is 2.74. The van der Waals surface area contributed by atoms with Crippen LogP contribution < -0.4 is 4.90 Å². The van der Waals surface area contributed by atoms with Gasteiger partial charge in [0.2, 0.25) is 5.91 Å². The summed E-state index contributed by atoms with van der Waals surface area (Å²) in [5.74, 6) is -0.689. The van der Waals surface area contributed by atoms with Crippen molar-refractivity contribution in [1.82, 2.24) is 0 Å². The maximum absolute atomic E-state index is 12.2. The van der Waals surface area contributed by atoms with E-state index >= 15 is 0 Å². The average molecular weight is 279 g/mol. The molecule has 2 rings (SSSR count). The van der Waals surface area contributed by atoms with Crippen molar-refractivity contribution in [2.75, 3.05) is 23.0 Å². The van der Waals surface area contributed by atoms with E-state index < -0.39 is 5.97 Å². The summed E-state index contributed by atoms with van der Waals surface area (Å²) < 4.78 is 0. The van der Waals surface area contributed by atoms with Crippen molar-refractivity contribution in [2.24, 2.45) is 0 Å². The van der Waals surface area contributed by atoms with Gasteiger partial charge >= 0.3 is 5.97 Å². The van der Waals surface area contributed by atoms with Crippen LogP contribution in [0.4, 0.5) is 5.69 Å². The zero-order valence-corrected chi connectivity index (χ0v) is 11.7. The van der Waals surface area contributed by atoms with Gasteiger partial charge in [0.1, 0.15) is 0 Å². The van der Waals surface area contributed by atoms with Crippen LogP contribution >= 0.6 is 11.8 Å². The van der Waals surface area contributed by atoms with Gasteiger partial charge in [-0.1, -0.05) is 12.1 Å². The Kier molecular flexibility index (Phi) is 4.47. The number of carbonyl (C=O) groups excluding carboxylic acids is 1. The highest BCUT2D eigenvalue weighted by Crippen LogP contribution is 2.28. The lowest BCUT2D eigenvalue weighted by atomic mass is 10.00. The van der Waals surface area contributed by atoms with Gasteiger partial charge < -0.3 is 10.0 Å². The Balaban J connectivity index is 2.07. The Bertz CT molecular complexity index is 501. The largest absolute Gasteiger partial charge is 0.481 e. The first-order valence-corrected chi connectivity index (χ1v) is 7.43. The van der Waals surface area contributed by atoms with Crippen LogP contribution in [0.2, 0.25) is 0 Å². The summed E-state index contributed by atoms with van der Waals surface area (Å²) in [5, 5.41) is 8.59. The molecular formula is C14H17NO3S. The molecule has 19 heavy (non-hydrogen) atoms. The van der Waals surface area contributed by atoms with Crippen molar-refractivity contribution in [3.8, 4) is 0 Å². The molecule has 0 saturated carbocycles. The Morgan fingerprint density at radius 2 is 2.16 bits per heavy atom. The predicted molar refractivity (Wildman–Crippen MR) is 76.8 cm³/mol. The zero-order chi connectivity index (χ0) is 13.8. The lowest BCUT2D eigenvalue weighted by Crippen LogP contribution is -2.36. The molecule has 5 heteroatoms. The minimum absolute atomic E-state index is 0.00204. The molecule has 0 aliphatic carbocycles. The van der Waals surface area contributed by atoms with Crippen LogP contribution in [0.3, 0.4) is 0 Å². The van der Waals surface area contributed by atoms with Gasteiger partial charge in [0, 0.05) is 12.2 Å². The molecule has 1 aliphatic rings. The molecule has 0 bridgehead atoms. The third kappa shape index (κ3) is 3.50. The molecule has 4 nitrogen and oxygen atoms in total. The fourth-order valence-electron chi connectivity index (χ4n) is 2.25. The lowest BCUT2D eigenvalue weighted by molar-refractivity contribution is -0.133. The van der Waals surface area contributed by atoms with Crippen molar-refractivity contribution >= 4 is 29.3 Å². The Morgan fingerprint density at radius 1 is 1.37 bits per heavy atom. The van der Waals surface area contributed by atoms with E-state index in [4.69, 9.17) is 5.11 Å². The van der Waals surface area contributed by atoms with Crippen LogP contribution in [0, 0.1) is 6.92 Å². The third-order valence-electron chi connectivity index (χ3n) is 3.11. The smallest absolute Gasteiger partial charge is 0.313 e. The van der Waals surface area contributed by atoms with Crippen molar-refractivity contribution in [3.63, 3.8) is 0 Å². The number of benzene rings is 1. The van der Waals surface area contributed by atoms with Gasteiger partial charge in [-0.25, -0.2) is 0 Å². The van der Waals surface area contributed by atoms with Crippen LogP contribution in [0.5, 0.6) is 0 Å². The topological polar surface area (TPSA) is 57.6 Å². The molecule has 1 aliphatic heterocycles. The van der Waals surface area contributed by atoms with E-state index in [2.05, 4.69) is 12.1 Å². The number of anilines is 1. The molecule has 1 N–H and O–H groups in total.